The third-order valence-electron chi connectivity index (χ3n) is 2.09. The first-order valence-electron chi connectivity index (χ1n) is 4.71. The number of rotatable bonds is 4. The summed E-state index contributed by atoms with van der Waals surface area (Å²) < 4.78 is 0. The predicted molar refractivity (Wildman–Crippen MR) is 65.6 cm³/mol. The molecule has 1 N–H and O–H groups in total. The largest absolute Gasteiger partial charge is 0.478 e. The molecule has 0 bridgehead atoms. The van der Waals surface area contributed by atoms with Gasteiger partial charge in [-0.25, -0.2) is 4.79 Å². The molecule has 0 radical (unpaired) electrons. The Kier molecular flexibility index (Phi) is 4.56. The molecule has 2 nitrogen and oxygen atoms in total. The summed E-state index contributed by atoms with van der Waals surface area (Å²) in [6, 6.07) is 5.16. The molecule has 1 rings (SSSR count). The Morgan fingerprint density at radius 3 is 2.80 bits per heavy atom. The topological polar surface area (TPSA) is 37.3 Å². The highest BCUT2D eigenvalue weighted by Crippen LogP contribution is 2.13. The van der Waals surface area contributed by atoms with E-state index in [4.69, 9.17) is 5.11 Å². The summed E-state index contributed by atoms with van der Waals surface area (Å²) in [6.07, 6.45) is 5.06. The van der Waals surface area contributed by atoms with Gasteiger partial charge in [-0.1, -0.05) is 34.1 Å². The van der Waals surface area contributed by atoms with Crippen LogP contribution in [0.3, 0.4) is 0 Å². The van der Waals surface area contributed by atoms with Gasteiger partial charge in [0, 0.05) is 5.33 Å². The molecule has 15 heavy (non-hydrogen) atoms. The van der Waals surface area contributed by atoms with Crippen LogP contribution in [-0.2, 0) is 0 Å². The fourth-order valence-corrected chi connectivity index (χ4v) is 1.53. The third-order valence-corrected chi connectivity index (χ3v) is 2.55. The zero-order chi connectivity index (χ0) is 11.3. The molecule has 0 aliphatic carbocycles. The van der Waals surface area contributed by atoms with Gasteiger partial charge in [-0.3, -0.25) is 0 Å². The fourth-order valence-electron chi connectivity index (χ4n) is 1.27. The zero-order valence-electron chi connectivity index (χ0n) is 8.53. The number of aromatic carboxylic acids is 1. The Bertz CT molecular complexity index is 383. The molecule has 0 fully saturated rings. The van der Waals surface area contributed by atoms with Crippen molar-refractivity contribution < 1.29 is 9.90 Å². The highest BCUT2D eigenvalue weighted by Gasteiger charge is 2.03. The molecule has 0 saturated heterocycles. The van der Waals surface area contributed by atoms with Crippen molar-refractivity contribution in [1.82, 2.24) is 0 Å². The molecule has 0 aromatic heterocycles. The average Bonchev–Trinajstić information content (AvgIpc) is 2.20. The molecule has 0 heterocycles. The quantitative estimate of drug-likeness (QED) is 0.849. The lowest BCUT2D eigenvalue weighted by atomic mass is 10.0. The van der Waals surface area contributed by atoms with Crippen LogP contribution in [-0.4, -0.2) is 16.4 Å². The molecule has 0 atom stereocenters. The van der Waals surface area contributed by atoms with Gasteiger partial charge in [0.2, 0.25) is 0 Å². The van der Waals surface area contributed by atoms with E-state index in [-0.39, 0.29) is 0 Å². The minimum Gasteiger partial charge on any atom is -0.478 e. The molecule has 0 amide bonds. The molecule has 80 valence electrons. The van der Waals surface area contributed by atoms with Gasteiger partial charge in [0.1, 0.15) is 0 Å². The van der Waals surface area contributed by atoms with Crippen molar-refractivity contribution in [2.24, 2.45) is 0 Å². The number of allylic oxidation sites excluding steroid dienone is 1. The monoisotopic (exact) mass is 268 g/mol. The van der Waals surface area contributed by atoms with Crippen LogP contribution in [0.1, 0.15) is 27.9 Å². The van der Waals surface area contributed by atoms with Crippen LogP contribution in [0.25, 0.3) is 6.08 Å². The summed E-state index contributed by atoms with van der Waals surface area (Å²) >= 11 is 3.34. The first kappa shape index (κ1) is 12.0. The SMILES string of the molecule is Cc1cc(C(=O)O)ccc1C=CCCBr. The van der Waals surface area contributed by atoms with Crippen LogP contribution >= 0.6 is 15.9 Å². The van der Waals surface area contributed by atoms with Crippen molar-refractivity contribution in [2.45, 2.75) is 13.3 Å². The highest BCUT2D eigenvalue weighted by atomic mass is 79.9. The fraction of sp³-hybridized carbons (Fsp3) is 0.250. The number of halogens is 1. The molecule has 1 aromatic carbocycles. The molecular weight excluding hydrogens is 256 g/mol. The van der Waals surface area contributed by atoms with Crippen molar-refractivity contribution in [1.29, 1.82) is 0 Å². The number of hydrogen-bond acceptors (Lipinski definition) is 1. The lowest BCUT2D eigenvalue weighted by Gasteiger charge is -2.01. The number of carboxylic acid groups (broad SMARTS) is 1. The maximum absolute atomic E-state index is 10.7. The van der Waals surface area contributed by atoms with Crippen LogP contribution in [0.15, 0.2) is 24.3 Å². The summed E-state index contributed by atoms with van der Waals surface area (Å²) in [5.41, 5.74) is 2.40. The number of carboxylic acids is 1. The van der Waals surface area contributed by atoms with Gasteiger partial charge >= 0.3 is 5.97 Å². The van der Waals surface area contributed by atoms with E-state index >= 15 is 0 Å². The number of carbonyl (C=O) groups is 1. The second-order valence-corrected chi connectivity index (χ2v) is 4.05. The Morgan fingerprint density at radius 2 is 2.27 bits per heavy atom. The lowest BCUT2D eigenvalue weighted by molar-refractivity contribution is 0.0697. The highest BCUT2D eigenvalue weighted by molar-refractivity contribution is 9.09. The van der Waals surface area contributed by atoms with Gasteiger partial charge in [-0.2, -0.15) is 0 Å². The summed E-state index contributed by atoms with van der Waals surface area (Å²) in [5.74, 6) is -0.880. The van der Waals surface area contributed by atoms with Crippen LogP contribution in [0.2, 0.25) is 0 Å². The normalized spacial score (nSPS) is 10.8. The maximum atomic E-state index is 10.7. The predicted octanol–water partition coefficient (Wildman–Crippen LogP) is 3.49. The Morgan fingerprint density at radius 1 is 1.53 bits per heavy atom. The lowest BCUT2D eigenvalue weighted by Crippen LogP contribution is -1.96. The van der Waals surface area contributed by atoms with Gasteiger partial charge < -0.3 is 5.11 Å². The Balaban J connectivity index is 2.88. The molecule has 3 heteroatoms. The standard InChI is InChI=1S/C12H13BrO2/c1-9-8-11(12(14)15)6-5-10(9)4-2-3-7-13/h2,4-6,8H,3,7H2,1H3,(H,14,15). The van der Waals surface area contributed by atoms with Crippen LogP contribution in [0, 0.1) is 6.92 Å². The molecule has 1 aromatic rings. The minimum absolute atomic E-state index is 0.338. The van der Waals surface area contributed by atoms with E-state index < -0.39 is 5.97 Å². The Labute approximate surface area is 97.8 Å². The van der Waals surface area contributed by atoms with Crippen LogP contribution < -0.4 is 0 Å². The second kappa shape index (κ2) is 5.71. The first-order chi connectivity index (χ1) is 7.15. The molecule has 0 saturated carbocycles. The van der Waals surface area contributed by atoms with Crippen molar-refractivity contribution >= 4 is 28.0 Å². The van der Waals surface area contributed by atoms with E-state index in [0.717, 1.165) is 22.9 Å². The molecule has 0 unspecified atom stereocenters. The average molecular weight is 269 g/mol. The summed E-state index contributed by atoms with van der Waals surface area (Å²) in [5, 5.41) is 9.73. The van der Waals surface area contributed by atoms with Gasteiger partial charge in [0.15, 0.2) is 0 Å². The maximum Gasteiger partial charge on any atom is 0.335 e. The van der Waals surface area contributed by atoms with Gasteiger partial charge in [-0.05, 0) is 36.6 Å². The molecule has 0 aliphatic heterocycles. The van der Waals surface area contributed by atoms with Crippen molar-refractivity contribution in [2.75, 3.05) is 5.33 Å². The summed E-state index contributed by atoms with van der Waals surface area (Å²) in [6.45, 7) is 1.92. The van der Waals surface area contributed by atoms with E-state index in [1.54, 1.807) is 12.1 Å². The summed E-state index contributed by atoms with van der Waals surface area (Å²) in [4.78, 5) is 10.7. The van der Waals surface area contributed by atoms with E-state index in [1.165, 1.54) is 0 Å². The van der Waals surface area contributed by atoms with Gasteiger partial charge in [0.05, 0.1) is 5.56 Å². The first-order valence-corrected chi connectivity index (χ1v) is 5.83. The zero-order valence-corrected chi connectivity index (χ0v) is 10.1. The summed E-state index contributed by atoms with van der Waals surface area (Å²) in [7, 11) is 0. The number of benzene rings is 1. The number of alkyl halides is 1. The Hall–Kier alpha value is -1.09. The smallest absolute Gasteiger partial charge is 0.335 e. The van der Waals surface area contributed by atoms with Crippen molar-refractivity contribution in [3.63, 3.8) is 0 Å². The van der Waals surface area contributed by atoms with E-state index in [1.807, 2.05) is 19.1 Å². The van der Waals surface area contributed by atoms with Gasteiger partial charge in [-0.15, -0.1) is 0 Å². The van der Waals surface area contributed by atoms with Crippen molar-refractivity contribution in [3.8, 4) is 0 Å². The van der Waals surface area contributed by atoms with E-state index in [0.29, 0.717) is 5.56 Å². The molecule has 0 aliphatic rings. The van der Waals surface area contributed by atoms with Crippen LogP contribution in [0.5, 0.6) is 0 Å². The van der Waals surface area contributed by atoms with Crippen molar-refractivity contribution in [3.05, 3.63) is 41.0 Å². The van der Waals surface area contributed by atoms with Gasteiger partial charge in [0.25, 0.3) is 0 Å². The third kappa shape index (κ3) is 3.51. The van der Waals surface area contributed by atoms with E-state index in [9.17, 15) is 4.79 Å². The van der Waals surface area contributed by atoms with Crippen LogP contribution in [0.4, 0.5) is 0 Å². The molecular formula is C12H13BrO2. The number of hydrogen-bond donors (Lipinski definition) is 1. The van der Waals surface area contributed by atoms with E-state index in [2.05, 4.69) is 22.0 Å². The number of aryl methyl sites for hydroxylation is 1. The minimum atomic E-state index is -0.880. The second-order valence-electron chi connectivity index (χ2n) is 3.26. The molecule has 0 spiro atoms.